The molecule has 0 saturated heterocycles. The van der Waals surface area contributed by atoms with Crippen LogP contribution in [0.25, 0.3) is 0 Å². The molecule has 0 aliphatic heterocycles. The monoisotopic (exact) mass is 328 g/mol. The Bertz CT molecular complexity index is 718. The third-order valence-corrected chi connectivity index (χ3v) is 3.08. The second-order valence-corrected chi connectivity index (χ2v) is 5.07. The van der Waals surface area contributed by atoms with E-state index < -0.39 is 0 Å². The lowest BCUT2D eigenvalue weighted by atomic mass is 10.2. The molecule has 1 aromatic heterocycles. The number of pyridine rings is 1. The molecule has 2 amide bonds. The van der Waals surface area contributed by atoms with E-state index in [0.717, 1.165) is 0 Å². The number of aromatic nitrogens is 1. The number of hydrogen-bond donors (Lipinski definition) is 3. The van der Waals surface area contributed by atoms with Gasteiger partial charge in [0.15, 0.2) is 0 Å². The molecule has 1 heterocycles. The second-order valence-electron chi connectivity index (χ2n) is 5.07. The Kier molecular flexibility index (Phi) is 6.27. The average Bonchev–Trinajstić information content (AvgIpc) is 2.55. The van der Waals surface area contributed by atoms with Gasteiger partial charge in [0.1, 0.15) is 5.82 Å². The van der Waals surface area contributed by atoms with Crippen LogP contribution in [0, 0.1) is 0 Å². The van der Waals surface area contributed by atoms with Crippen LogP contribution in [0.2, 0.25) is 0 Å². The average molecular weight is 328 g/mol. The Hall–Kier alpha value is -2.93. The molecule has 7 heteroatoms. The van der Waals surface area contributed by atoms with Gasteiger partial charge < -0.3 is 20.7 Å². The number of anilines is 3. The lowest BCUT2D eigenvalue weighted by Crippen LogP contribution is -2.14. The largest absolute Gasteiger partial charge is 0.383 e. The van der Waals surface area contributed by atoms with Crippen molar-refractivity contribution in [2.24, 2.45) is 0 Å². The first-order valence-electron chi connectivity index (χ1n) is 7.46. The first-order chi connectivity index (χ1) is 11.6. The van der Waals surface area contributed by atoms with E-state index in [4.69, 9.17) is 4.74 Å². The van der Waals surface area contributed by atoms with Crippen LogP contribution in [0.3, 0.4) is 0 Å². The Labute approximate surface area is 140 Å². The van der Waals surface area contributed by atoms with Crippen LogP contribution < -0.4 is 16.0 Å². The van der Waals surface area contributed by atoms with Gasteiger partial charge in [0.2, 0.25) is 5.91 Å². The summed E-state index contributed by atoms with van der Waals surface area (Å²) in [6.07, 6.45) is 1.57. The zero-order valence-corrected chi connectivity index (χ0v) is 13.6. The number of carbonyl (C=O) groups is 2. The van der Waals surface area contributed by atoms with E-state index in [0.29, 0.717) is 35.9 Å². The molecule has 0 bridgehead atoms. The fourth-order valence-corrected chi connectivity index (χ4v) is 2.03. The van der Waals surface area contributed by atoms with Crippen molar-refractivity contribution in [1.29, 1.82) is 0 Å². The summed E-state index contributed by atoms with van der Waals surface area (Å²) in [7, 11) is 1.62. The molecule has 0 fully saturated rings. The quantitative estimate of drug-likeness (QED) is 0.679. The molecule has 24 heavy (non-hydrogen) atoms. The Balaban J connectivity index is 2.04. The SMILES string of the molecule is COCCNc1cc(C(=O)Nc2cccc(NC(C)=O)c2)ccn1. The number of nitrogens with one attached hydrogen (secondary N) is 3. The highest BCUT2D eigenvalue weighted by Gasteiger charge is 2.08. The standard InChI is InChI=1S/C17H20N4O3/c1-12(22)20-14-4-3-5-15(11-14)21-17(23)13-6-7-18-16(10-13)19-8-9-24-2/h3-7,10-11H,8-9H2,1-2H3,(H,18,19)(H,20,22)(H,21,23). The van der Waals surface area contributed by atoms with Crippen LogP contribution in [0.15, 0.2) is 42.6 Å². The topological polar surface area (TPSA) is 92.4 Å². The molecule has 0 atom stereocenters. The molecule has 2 rings (SSSR count). The van der Waals surface area contributed by atoms with Crippen molar-refractivity contribution in [3.05, 3.63) is 48.2 Å². The highest BCUT2D eigenvalue weighted by molar-refractivity contribution is 6.05. The van der Waals surface area contributed by atoms with Crippen LogP contribution in [-0.4, -0.2) is 37.1 Å². The summed E-state index contributed by atoms with van der Waals surface area (Å²) < 4.78 is 4.96. The maximum atomic E-state index is 12.4. The van der Waals surface area contributed by atoms with Gasteiger partial charge in [-0.1, -0.05) is 6.07 Å². The normalized spacial score (nSPS) is 10.1. The van der Waals surface area contributed by atoms with Crippen LogP contribution >= 0.6 is 0 Å². The molecule has 0 saturated carbocycles. The van der Waals surface area contributed by atoms with E-state index in [1.165, 1.54) is 6.92 Å². The molecule has 3 N–H and O–H groups in total. The number of benzene rings is 1. The van der Waals surface area contributed by atoms with E-state index in [1.807, 2.05) is 0 Å². The van der Waals surface area contributed by atoms with Gasteiger partial charge in [0.05, 0.1) is 6.61 Å². The minimum atomic E-state index is -0.257. The third kappa shape index (κ3) is 5.36. The molecule has 0 spiro atoms. The maximum Gasteiger partial charge on any atom is 0.255 e. The molecule has 0 radical (unpaired) electrons. The van der Waals surface area contributed by atoms with E-state index in [9.17, 15) is 9.59 Å². The smallest absolute Gasteiger partial charge is 0.255 e. The van der Waals surface area contributed by atoms with Crippen molar-refractivity contribution in [2.45, 2.75) is 6.92 Å². The Morgan fingerprint density at radius 2 is 1.88 bits per heavy atom. The molecule has 7 nitrogen and oxygen atoms in total. The van der Waals surface area contributed by atoms with Gasteiger partial charge >= 0.3 is 0 Å². The first kappa shape index (κ1) is 17.4. The Morgan fingerprint density at radius 3 is 2.58 bits per heavy atom. The molecular weight excluding hydrogens is 308 g/mol. The summed E-state index contributed by atoms with van der Waals surface area (Å²) in [6.45, 7) is 2.59. The summed E-state index contributed by atoms with van der Waals surface area (Å²) in [4.78, 5) is 27.6. The molecular formula is C17H20N4O3. The van der Waals surface area contributed by atoms with Gasteiger partial charge in [-0.15, -0.1) is 0 Å². The van der Waals surface area contributed by atoms with Crippen molar-refractivity contribution in [2.75, 3.05) is 36.2 Å². The predicted molar refractivity (Wildman–Crippen MR) is 93.3 cm³/mol. The van der Waals surface area contributed by atoms with Crippen LogP contribution in [0.4, 0.5) is 17.2 Å². The van der Waals surface area contributed by atoms with Gasteiger partial charge in [0, 0.05) is 43.7 Å². The number of carbonyl (C=O) groups excluding carboxylic acids is 2. The summed E-state index contributed by atoms with van der Waals surface area (Å²) in [6, 6.07) is 10.3. The van der Waals surface area contributed by atoms with Crippen molar-refractivity contribution in [3.8, 4) is 0 Å². The van der Waals surface area contributed by atoms with Gasteiger partial charge in [-0.3, -0.25) is 9.59 Å². The van der Waals surface area contributed by atoms with Crippen molar-refractivity contribution in [3.63, 3.8) is 0 Å². The lowest BCUT2D eigenvalue weighted by molar-refractivity contribution is -0.114. The molecule has 1 aromatic carbocycles. The lowest BCUT2D eigenvalue weighted by Gasteiger charge is -2.09. The molecule has 126 valence electrons. The number of rotatable bonds is 7. The van der Waals surface area contributed by atoms with E-state index in [-0.39, 0.29) is 11.8 Å². The van der Waals surface area contributed by atoms with Gasteiger partial charge in [-0.2, -0.15) is 0 Å². The summed E-state index contributed by atoms with van der Waals surface area (Å²) in [5.74, 6) is 0.179. The zero-order chi connectivity index (χ0) is 17.4. The number of nitrogens with zero attached hydrogens (tertiary/aromatic N) is 1. The van der Waals surface area contributed by atoms with E-state index >= 15 is 0 Å². The van der Waals surface area contributed by atoms with Gasteiger partial charge in [-0.25, -0.2) is 4.98 Å². The minimum Gasteiger partial charge on any atom is -0.383 e. The van der Waals surface area contributed by atoms with Gasteiger partial charge in [-0.05, 0) is 30.3 Å². The fourth-order valence-electron chi connectivity index (χ4n) is 2.03. The predicted octanol–water partition coefficient (Wildman–Crippen LogP) is 2.35. The number of ether oxygens (including phenoxy) is 1. The molecule has 0 unspecified atom stereocenters. The summed E-state index contributed by atoms with van der Waals surface area (Å²) >= 11 is 0. The molecule has 2 aromatic rings. The van der Waals surface area contributed by atoms with Crippen LogP contribution in [-0.2, 0) is 9.53 Å². The highest BCUT2D eigenvalue weighted by Crippen LogP contribution is 2.16. The van der Waals surface area contributed by atoms with Crippen LogP contribution in [0.5, 0.6) is 0 Å². The highest BCUT2D eigenvalue weighted by atomic mass is 16.5. The van der Waals surface area contributed by atoms with Crippen LogP contribution in [0.1, 0.15) is 17.3 Å². The zero-order valence-electron chi connectivity index (χ0n) is 13.6. The number of hydrogen-bond acceptors (Lipinski definition) is 5. The molecule has 0 aliphatic carbocycles. The fraction of sp³-hybridized carbons (Fsp3) is 0.235. The molecule has 0 aliphatic rings. The Morgan fingerprint density at radius 1 is 1.12 bits per heavy atom. The maximum absolute atomic E-state index is 12.4. The van der Waals surface area contributed by atoms with E-state index in [2.05, 4.69) is 20.9 Å². The third-order valence-electron chi connectivity index (χ3n) is 3.08. The van der Waals surface area contributed by atoms with Gasteiger partial charge in [0.25, 0.3) is 5.91 Å². The second kappa shape index (κ2) is 8.64. The minimum absolute atomic E-state index is 0.167. The van der Waals surface area contributed by atoms with Crippen molar-refractivity contribution in [1.82, 2.24) is 4.98 Å². The summed E-state index contributed by atoms with van der Waals surface area (Å²) in [5, 5.41) is 8.54. The van der Waals surface area contributed by atoms with E-state index in [1.54, 1.807) is 49.7 Å². The van der Waals surface area contributed by atoms with Crippen molar-refractivity contribution >= 4 is 29.0 Å². The summed E-state index contributed by atoms with van der Waals surface area (Å²) in [5.41, 5.74) is 1.70. The number of methoxy groups -OCH3 is 1. The van der Waals surface area contributed by atoms with Crippen molar-refractivity contribution < 1.29 is 14.3 Å². The number of amides is 2. The first-order valence-corrected chi connectivity index (χ1v) is 7.46.